The maximum absolute atomic E-state index is 11.7. The zero-order chi connectivity index (χ0) is 14.1. The summed E-state index contributed by atoms with van der Waals surface area (Å²) in [4.78, 5) is 11.7. The normalized spacial score (nSPS) is 36.6. The van der Waals surface area contributed by atoms with Crippen molar-refractivity contribution in [1.29, 1.82) is 0 Å². The summed E-state index contributed by atoms with van der Waals surface area (Å²) >= 11 is 6.68. The quantitative estimate of drug-likeness (QED) is 0.750. The molecule has 20 heavy (non-hydrogen) atoms. The van der Waals surface area contributed by atoms with Crippen LogP contribution in [-0.2, 0) is 11.2 Å². The van der Waals surface area contributed by atoms with Crippen molar-refractivity contribution in [2.45, 2.75) is 44.4 Å². The Labute approximate surface area is 126 Å². The van der Waals surface area contributed by atoms with Crippen LogP contribution in [0.15, 0.2) is 30.3 Å². The molecule has 1 aromatic rings. The second-order valence-electron chi connectivity index (χ2n) is 6.75. The lowest BCUT2D eigenvalue weighted by atomic mass is 9.61. The molecule has 5 unspecified atom stereocenters. The molecule has 0 amide bonds. The largest absolute Gasteiger partial charge is 0.300 e. The lowest BCUT2D eigenvalue weighted by molar-refractivity contribution is -0.123. The molecular weight excluding hydrogens is 268 g/mol. The summed E-state index contributed by atoms with van der Waals surface area (Å²) < 4.78 is 0. The van der Waals surface area contributed by atoms with Gasteiger partial charge in [-0.15, -0.1) is 11.6 Å². The van der Waals surface area contributed by atoms with E-state index in [1.54, 1.807) is 6.92 Å². The number of carbonyl (C=O) groups is 1. The van der Waals surface area contributed by atoms with Gasteiger partial charge in [0.2, 0.25) is 0 Å². The number of hydrogen-bond donors (Lipinski definition) is 0. The maximum Gasteiger partial charge on any atom is 0.132 e. The van der Waals surface area contributed by atoms with Crippen LogP contribution in [0.4, 0.5) is 0 Å². The van der Waals surface area contributed by atoms with Crippen LogP contribution in [0.2, 0.25) is 0 Å². The van der Waals surface area contributed by atoms with Crippen molar-refractivity contribution in [1.82, 2.24) is 0 Å². The topological polar surface area (TPSA) is 17.1 Å². The average molecular weight is 291 g/mol. The molecule has 0 aliphatic heterocycles. The smallest absolute Gasteiger partial charge is 0.132 e. The van der Waals surface area contributed by atoms with Crippen LogP contribution in [0.3, 0.4) is 0 Å². The number of ketones is 1. The third kappa shape index (κ3) is 2.93. The Bertz CT molecular complexity index is 468. The highest BCUT2D eigenvalue weighted by Crippen LogP contribution is 2.48. The van der Waals surface area contributed by atoms with Gasteiger partial charge >= 0.3 is 0 Å². The van der Waals surface area contributed by atoms with Gasteiger partial charge in [0.05, 0.1) is 0 Å². The molecule has 1 aromatic carbocycles. The van der Waals surface area contributed by atoms with E-state index in [9.17, 15) is 4.79 Å². The number of halogens is 1. The average Bonchev–Trinajstić information content (AvgIpc) is 2.44. The first-order valence-corrected chi connectivity index (χ1v) is 8.25. The van der Waals surface area contributed by atoms with Crippen LogP contribution in [0.5, 0.6) is 0 Å². The predicted octanol–water partition coefficient (Wildman–Crippen LogP) is 4.48. The van der Waals surface area contributed by atoms with Crippen molar-refractivity contribution in [3.8, 4) is 0 Å². The molecule has 0 aromatic heterocycles. The highest BCUT2D eigenvalue weighted by atomic mass is 35.5. The molecule has 0 heterocycles. The molecule has 2 heteroatoms. The van der Waals surface area contributed by atoms with Crippen LogP contribution in [-0.4, -0.2) is 11.2 Å². The molecular formula is C18H23ClO. The monoisotopic (exact) mass is 290 g/mol. The number of fused-ring (bicyclic) bond motifs is 2. The second-order valence-corrected chi connectivity index (χ2v) is 7.31. The second kappa shape index (κ2) is 5.89. The zero-order valence-electron chi connectivity index (χ0n) is 12.1. The minimum absolute atomic E-state index is 0.284. The fraction of sp³-hybridized carbons (Fsp3) is 0.611. The summed E-state index contributed by atoms with van der Waals surface area (Å²) in [7, 11) is 0. The van der Waals surface area contributed by atoms with E-state index in [0.29, 0.717) is 29.5 Å². The number of rotatable bonds is 3. The lowest BCUT2D eigenvalue weighted by Gasteiger charge is -2.45. The maximum atomic E-state index is 11.7. The Hall–Kier alpha value is -0.820. The Balaban J connectivity index is 1.74. The molecule has 2 aliphatic rings. The minimum atomic E-state index is 0.284. The van der Waals surface area contributed by atoms with E-state index in [2.05, 4.69) is 30.3 Å². The van der Waals surface area contributed by atoms with E-state index in [1.165, 1.54) is 12.0 Å². The van der Waals surface area contributed by atoms with Gasteiger partial charge in [-0.3, -0.25) is 4.79 Å². The summed E-state index contributed by atoms with van der Waals surface area (Å²) in [6.45, 7) is 1.76. The van der Waals surface area contributed by atoms with E-state index in [0.717, 1.165) is 25.7 Å². The number of alkyl halides is 1. The van der Waals surface area contributed by atoms with Gasteiger partial charge in [0.1, 0.15) is 5.78 Å². The van der Waals surface area contributed by atoms with Crippen LogP contribution < -0.4 is 0 Å². The fourth-order valence-electron chi connectivity index (χ4n) is 4.33. The molecule has 0 spiro atoms. The first-order valence-electron chi connectivity index (χ1n) is 7.82. The van der Waals surface area contributed by atoms with Crippen molar-refractivity contribution in [2.75, 3.05) is 0 Å². The Morgan fingerprint density at radius 3 is 2.60 bits per heavy atom. The van der Waals surface area contributed by atoms with Crippen LogP contribution in [0.25, 0.3) is 0 Å². The Morgan fingerprint density at radius 2 is 1.90 bits per heavy atom. The molecule has 0 N–H and O–H groups in total. The van der Waals surface area contributed by atoms with Gasteiger partial charge in [0.15, 0.2) is 0 Å². The summed E-state index contributed by atoms with van der Waals surface area (Å²) in [5.74, 6) is 2.53. The van der Waals surface area contributed by atoms with Gasteiger partial charge < -0.3 is 0 Å². The van der Waals surface area contributed by atoms with E-state index < -0.39 is 0 Å². The number of hydrogen-bond acceptors (Lipinski definition) is 1. The summed E-state index contributed by atoms with van der Waals surface area (Å²) in [5.41, 5.74) is 1.38. The van der Waals surface area contributed by atoms with Crippen molar-refractivity contribution in [3.63, 3.8) is 0 Å². The lowest BCUT2D eigenvalue weighted by Crippen LogP contribution is -2.41. The van der Waals surface area contributed by atoms with Gasteiger partial charge in [-0.2, -0.15) is 0 Å². The Morgan fingerprint density at radius 1 is 1.15 bits per heavy atom. The third-order valence-corrected chi connectivity index (χ3v) is 5.86. The summed E-state index contributed by atoms with van der Waals surface area (Å²) in [5, 5.41) is 0.284. The SMILES string of the molecule is CC(=O)C1CC2CC(Cl)C(Cc3ccccc3)C(C2)C1. The summed E-state index contributed by atoms with van der Waals surface area (Å²) in [6.07, 6.45) is 5.58. The first-order chi connectivity index (χ1) is 9.63. The van der Waals surface area contributed by atoms with Crippen molar-refractivity contribution in [3.05, 3.63) is 35.9 Å². The van der Waals surface area contributed by atoms with Gasteiger partial charge in [-0.05, 0) is 62.3 Å². The van der Waals surface area contributed by atoms with Crippen molar-refractivity contribution in [2.24, 2.45) is 23.7 Å². The molecule has 3 rings (SSSR count). The van der Waals surface area contributed by atoms with Crippen LogP contribution in [0, 0.1) is 23.7 Å². The standard InChI is InChI=1S/C18H23ClO/c1-12(20)15-7-14-8-16(11-15)17(18(19)10-14)9-13-5-3-2-4-6-13/h2-6,14-18H,7-11H2,1H3. The number of benzene rings is 1. The van der Waals surface area contributed by atoms with Crippen molar-refractivity contribution >= 4 is 17.4 Å². The van der Waals surface area contributed by atoms with Gasteiger partial charge in [-0.1, -0.05) is 30.3 Å². The van der Waals surface area contributed by atoms with E-state index >= 15 is 0 Å². The minimum Gasteiger partial charge on any atom is -0.300 e. The van der Waals surface area contributed by atoms with Gasteiger partial charge in [0.25, 0.3) is 0 Å². The van der Waals surface area contributed by atoms with Crippen LogP contribution >= 0.6 is 11.6 Å². The zero-order valence-corrected chi connectivity index (χ0v) is 12.9. The van der Waals surface area contributed by atoms with Gasteiger partial charge in [0, 0.05) is 11.3 Å². The predicted molar refractivity (Wildman–Crippen MR) is 82.9 cm³/mol. The molecule has 0 saturated heterocycles. The molecule has 5 atom stereocenters. The fourth-order valence-corrected chi connectivity index (χ4v) is 4.87. The van der Waals surface area contributed by atoms with Crippen molar-refractivity contribution < 1.29 is 4.79 Å². The summed E-state index contributed by atoms with van der Waals surface area (Å²) in [6, 6.07) is 10.7. The van der Waals surface area contributed by atoms with E-state index in [-0.39, 0.29) is 5.38 Å². The van der Waals surface area contributed by atoms with Gasteiger partial charge in [-0.25, -0.2) is 0 Å². The first kappa shape index (κ1) is 14.1. The third-order valence-electron chi connectivity index (χ3n) is 5.36. The highest BCUT2D eigenvalue weighted by Gasteiger charge is 2.42. The molecule has 2 bridgehead atoms. The molecule has 2 aliphatic carbocycles. The Kier molecular flexibility index (Phi) is 4.16. The van der Waals surface area contributed by atoms with E-state index in [1.807, 2.05) is 0 Å². The van der Waals surface area contributed by atoms with E-state index in [4.69, 9.17) is 11.6 Å². The van der Waals surface area contributed by atoms with Crippen LogP contribution in [0.1, 0.15) is 38.2 Å². The molecule has 2 fully saturated rings. The molecule has 0 radical (unpaired) electrons. The highest BCUT2D eigenvalue weighted by molar-refractivity contribution is 6.20. The number of Topliss-reactive ketones (excluding diaryl/α,β-unsaturated/α-hetero) is 1. The molecule has 1 nitrogen and oxygen atoms in total. The molecule has 108 valence electrons. The molecule has 2 saturated carbocycles. The number of carbonyl (C=O) groups excluding carboxylic acids is 1.